The summed E-state index contributed by atoms with van der Waals surface area (Å²) in [5, 5.41) is 0.120. The molecule has 2 aromatic heterocycles. The van der Waals surface area contributed by atoms with E-state index in [4.69, 9.17) is 9.47 Å². The lowest BCUT2D eigenvalue weighted by molar-refractivity contribution is -0.140. The number of rotatable bonds is 8. The summed E-state index contributed by atoms with van der Waals surface area (Å²) in [6.07, 6.45) is 3.51. The maximum atomic E-state index is 12.5. The number of aromatic nitrogens is 3. The van der Waals surface area contributed by atoms with E-state index >= 15 is 0 Å². The number of nitrogens with zero attached hydrogens (tertiary/aromatic N) is 3. The highest BCUT2D eigenvalue weighted by atomic mass is 32.2. The highest BCUT2D eigenvalue weighted by molar-refractivity contribution is 8.00. The molecule has 3 heterocycles. The molecule has 2 aromatic rings. The quantitative estimate of drug-likeness (QED) is 0.514. The largest absolute Gasteiger partial charge is 0.468 e. The summed E-state index contributed by atoms with van der Waals surface area (Å²) in [7, 11) is 1.40. The average molecular weight is 423 g/mol. The fourth-order valence-corrected chi connectivity index (χ4v) is 5.09. The van der Waals surface area contributed by atoms with Crippen LogP contribution in [-0.2, 0) is 14.3 Å². The van der Waals surface area contributed by atoms with E-state index < -0.39 is 5.25 Å². The van der Waals surface area contributed by atoms with E-state index in [1.54, 1.807) is 24.2 Å². The molecule has 1 unspecified atom stereocenters. The molecule has 0 amide bonds. The van der Waals surface area contributed by atoms with Gasteiger partial charge in [-0.25, -0.2) is 4.98 Å². The van der Waals surface area contributed by atoms with Gasteiger partial charge in [-0.15, -0.1) is 11.8 Å². The Labute approximate surface area is 174 Å². The first-order valence-corrected chi connectivity index (χ1v) is 11.1. The van der Waals surface area contributed by atoms with E-state index in [-0.39, 0.29) is 5.97 Å². The summed E-state index contributed by atoms with van der Waals surface area (Å²) in [5.74, 6) is 0.655. The Morgan fingerprint density at radius 2 is 2.14 bits per heavy atom. The fraction of sp³-hybridized carbons (Fsp3) is 0.526. The molecular formula is C19H26N4O3S2. The van der Waals surface area contributed by atoms with Crippen LogP contribution in [0.1, 0.15) is 22.2 Å². The lowest BCUT2D eigenvalue weighted by atomic mass is 10.1. The number of aromatic amines is 1. The third-order valence-corrected chi connectivity index (χ3v) is 6.76. The first-order chi connectivity index (χ1) is 13.6. The van der Waals surface area contributed by atoms with Crippen molar-refractivity contribution >= 4 is 29.5 Å². The number of pyridine rings is 1. The van der Waals surface area contributed by atoms with Gasteiger partial charge in [0.1, 0.15) is 0 Å². The molecule has 0 aliphatic carbocycles. The number of nitrogens with one attached hydrogen (secondary N) is 1. The molecule has 1 aliphatic heterocycles. The van der Waals surface area contributed by atoms with Crippen molar-refractivity contribution in [2.45, 2.75) is 29.1 Å². The summed E-state index contributed by atoms with van der Waals surface area (Å²) in [6.45, 7) is 8.57. The topological polar surface area (TPSA) is 80.3 Å². The van der Waals surface area contributed by atoms with Crippen molar-refractivity contribution in [3.05, 3.63) is 35.4 Å². The number of thioether (sulfide) groups is 2. The average Bonchev–Trinajstić information content (AvgIpc) is 3.13. The van der Waals surface area contributed by atoms with Gasteiger partial charge in [-0.05, 0) is 25.5 Å². The lowest BCUT2D eigenvalue weighted by Gasteiger charge is -2.26. The predicted molar refractivity (Wildman–Crippen MR) is 111 cm³/mol. The first kappa shape index (κ1) is 21.2. The van der Waals surface area contributed by atoms with E-state index in [9.17, 15) is 4.79 Å². The zero-order valence-corrected chi connectivity index (χ0v) is 18.1. The number of carbonyl (C=O) groups excluding carboxylic acids is 1. The molecule has 9 heteroatoms. The van der Waals surface area contributed by atoms with Crippen LogP contribution < -0.4 is 0 Å². The second-order valence-electron chi connectivity index (χ2n) is 6.51. The Hall–Kier alpha value is -1.55. The monoisotopic (exact) mass is 422 g/mol. The molecule has 1 fully saturated rings. The molecule has 0 saturated carbocycles. The number of imidazole rings is 1. The van der Waals surface area contributed by atoms with Crippen molar-refractivity contribution in [2.75, 3.05) is 45.7 Å². The number of H-pyrrole nitrogens is 1. The van der Waals surface area contributed by atoms with Crippen molar-refractivity contribution in [3.63, 3.8) is 0 Å². The van der Waals surface area contributed by atoms with Crippen LogP contribution in [0.15, 0.2) is 28.5 Å². The maximum absolute atomic E-state index is 12.5. The Morgan fingerprint density at radius 3 is 2.82 bits per heavy atom. The number of esters is 1. The number of hydrogen-bond donors (Lipinski definition) is 1. The molecule has 152 valence electrons. The van der Waals surface area contributed by atoms with E-state index in [0.717, 1.165) is 60.4 Å². The minimum absolute atomic E-state index is 0.329. The van der Waals surface area contributed by atoms with Crippen LogP contribution in [-0.4, -0.2) is 71.5 Å². The first-order valence-electron chi connectivity index (χ1n) is 9.23. The maximum Gasteiger partial charge on any atom is 0.325 e. The second kappa shape index (κ2) is 10.3. The number of aryl methyl sites for hydroxylation is 1. The minimum atomic E-state index is -0.560. The van der Waals surface area contributed by atoms with Gasteiger partial charge < -0.3 is 14.5 Å². The van der Waals surface area contributed by atoms with Gasteiger partial charge in [-0.1, -0.05) is 11.8 Å². The third kappa shape index (κ3) is 5.50. The summed E-state index contributed by atoms with van der Waals surface area (Å²) in [4.78, 5) is 28.0. The normalized spacial score (nSPS) is 16.1. The smallest absolute Gasteiger partial charge is 0.325 e. The Kier molecular flexibility index (Phi) is 7.78. The summed E-state index contributed by atoms with van der Waals surface area (Å²) in [5.41, 5.74) is 2.69. The molecule has 1 saturated heterocycles. The van der Waals surface area contributed by atoms with Crippen LogP contribution in [0, 0.1) is 13.8 Å². The molecule has 28 heavy (non-hydrogen) atoms. The van der Waals surface area contributed by atoms with Gasteiger partial charge in [0.15, 0.2) is 10.4 Å². The number of ether oxygens (including phenoxy) is 2. The highest BCUT2D eigenvalue weighted by Gasteiger charge is 2.28. The van der Waals surface area contributed by atoms with Crippen LogP contribution in [0.2, 0.25) is 0 Å². The Bertz CT molecular complexity index is 793. The molecule has 3 rings (SSSR count). The van der Waals surface area contributed by atoms with Crippen LogP contribution in [0.4, 0.5) is 0 Å². The Morgan fingerprint density at radius 1 is 1.36 bits per heavy atom. The van der Waals surface area contributed by atoms with Gasteiger partial charge in [0, 0.05) is 48.4 Å². The van der Waals surface area contributed by atoms with Gasteiger partial charge in [0.25, 0.3) is 0 Å². The van der Waals surface area contributed by atoms with Crippen molar-refractivity contribution in [1.82, 2.24) is 19.9 Å². The molecule has 0 radical (unpaired) electrons. The third-order valence-electron chi connectivity index (χ3n) is 4.53. The van der Waals surface area contributed by atoms with Gasteiger partial charge in [0.2, 0.25) is 0 Å². The molecule has 1 atom stereocenters. The zero-order valence-electron chi connectivity index (χ0n) is 16.4. The van der Waals surface area contributed by atoms with Crippen molar-refractivity contribution in [2.24, 2.45) is 0 Å². The SMILES string of the molecule is COC(=O)C(Sc1ncc(C)[nH]1)c1nccc(SCCN2CCOCC2)c1C. The molecule has 0 bridgehead atoms. The van der Waals surface area contributed by atoms with Gasteiger partial charge in [0.05, 0.1) is 26.0 Å². The molecule has 7 nitrogen and oxygen atoms in total. The standard InChI is InChI=1S/C19H26N4O3S2/c1-13-12-21-19(22-13)28-17(18(24)25-3)16-14(2)15(4-5-20-16)27-11-8-23-6-9-26-10-7-23/h4-5,12,17H,6-11H2,1-3H3,(H,21,22). The van der Waals surface area contributed by atoms with Crippen molar-refractivity contribution < 1.29 is 14.3 Å². The number of hydrogen-bond acceptors (Lipinski definition) is 8. The molecule has 0 aromatic carbocycles. The number of methoxy groups -OCH3 is 1. The Balaban J connectivity index is 1.71. The lowest BCUT2D eigenvalue weighted by Crippen LogP contribution is -2.37. The van der Waals surface area contributed by atoms with E-state index in [0.29, 0.717) is 5.16 Å². The van der Waals surface area contributed by atoms with E-state index in [1.807, 2.05) is 19.9 Å². The second-order valence-corrected chi connectivity index (χ2v) is 8.74. The molecular weight excluding hydrogens is 396 g/mol. The fourth-order valence-electron chi connectivity index (χ4n) is 2.95. The zero-order chi connectivity index (χ0) is 19.9. The van der Waals surface area contributed by atoms with E-state index in [2.05, 4.69) is 19.9 Å². The number of carbonyl (C=O) groups is 1. The molecule has 0 spiro atoms. The number of morpholine rings is 1. The van der Waals surface area contributed by atoms with Gasteiger partial charge >= 0.3 is 5.97 Å². The predicted octanol–water partition coefficient (Wildman–Crippen LogP) is 2.85. The summed E-state index contributed by atoms with van der Waals surface area (Å²) >= 11 is 3.12. The van der Waals surface area contributed by atoms with Crippen molar-refractivity contribution in [3.8, 4) is 0 Å². The minimum Gasteiger partial charge on any atom is -0.468 e. The van der Waals surface area contributed by atoms with Gasteiger partial charge in [-0.2, -0.15) is 0 Å². The van der Waals surface area contributed by atoms with E-state index in [1.165, 1.54) is 18.9 Å². The van der Waals surface area contributed by atoms with Crippen molar-refractivity contribution in [1.29, 1.82) is 0 Å². The van der Waals surface area contributed by atoms with Gasteiger partial charge in [-0.3, -0.25) is 14.7 Å². The highest BCUT2D eigenvalue weighted by Crippen LogP contribution is 2.37. The summed E-state index contributed by atoms with van der Waals surface area (Å²) < 4.78 is 10.4. The molecule has 1 N–H and O–H groups in total. The molecule has 1 aliphatic rings. The van der Waals surface area contributed by atoms with Crippen LogP contribution >= 0.6 is 23.5 Å². The van der Waals surface area contributed by atoms with Crippen LogP contribution in [0.5, 0.6) is 0 Å². The van der Waals surface area contributed by atoms with Crippen LogP contribution in [0.3, 0.4) is 0 Å². The summed E-state index contributed by atoms with van der Waals surface area (Å²) in [6, 6.07) is 2.01. The van der Waals surface area contributed by atoms with Crippen LogP contribution in [0.25, 0.3) is 0 Å².